The van der Waals surface area contributed by atoms with Crippen LogP contribution in [0.4, 0.5) is 0 Å². The van der Waals surface area contributed by atoms with E-state index in [0.29, 0.717) is 5.92 Å². The lowest BCUT2D eigenvalue weighted by Gasteiger charge is -2.64. The van der Waals surface area contributed by atoms with E-state index in [9.17, 15) is 20.1 Å². The van der Waals surface area contributed by atoms with Crippen LogP contribution in [0.2, 0.25) is 0 Å². The number of esters is 1. The van der Waals surface area contributed by atoms with Crippen LogP contribution in [0.3, 0.4) is 0 Å². The lowest BCUT2D eigenvalue weighted by atomic mass is 9.41. The molecule has 12 atom stereocenters. The fraction of sp³-hybridized carbons (Fsp3) is 0.968. The predicted octanol–water partition coefficient (Wildman–Crippen LogP) is 4.62. The molecular formula is C31H50O6. The molecule has 0 aromatic rings. The van der Waals surface area contributed by atoms with Crippen molar-refractivity contribution in [1.29, 1.82) is 0 Å². The first-order chi connectivity index (χ1) is 17.0. The highest BCUT2D eigenvalue weighted by Gasteiger charge is 2.84. The lowest BCUT2D eigenvalue weighted by Crippen LogP contribution is -2.62. The molecular weight excluding hydrogens is 468 g/mol. The van der Waals surface area contributed by atoms with E-state index in [1.54, 1.807) is 0 Å². The third kappa shape index (κ3) is 3.22. The molecule has 0 bridgehead atoms. The van der Waals surface area contributed by atoms with Crippen LogP contribution in [0.15, 0.2) is 0 Å². The zero-order chi connectivity index (χ0) is 27.0. The maximum atomic E-state index is 11.9. The highest BCUT2D eigenvalue weighted by molar-refractivity contribution is 5.66. The second-order valence-corrected chi connectivity index (χ2v) is 15.8. The minimum absolute atomic E-state index is 0.0279. The summed E-state index contributed by atoms with van der Waals surface area (Å²) < 4.78 is 12.3. The topological polar surface area (TPSA) is 96.2 Å². The maximum absolute atomic E-state index is 11.9. The molecule has 0 radical (unpaired) electrons. The molecule has 0 aromatic carbocycles. The first-order valence-corrected chi connectivity index (χ1v) is 14.9. The quantitative estimate of drug-likeness (QED) is 0.472. The average molecular weight is 519 g/mol. The predicted molar refractivity (Wildman–Crippen MR) is 139 cm³/mol. The Kier molecular flexibility index (Phi) is 5.55. The van der Waals surface area contributed by atoms with Gasteiger partial charge in [0.2, 0.25) is 0 Å². The Hall–Kier alpha value is -0.690. The van der Waals surface area contributed by atoms with Gasteiger partial charge in [0.25, 0.3) is 0 Å². The molecule has 0 aromatic heterocycles. The summed E-state index contributed by atoms with van der Waals surface area (Å²) in [5.74, 6) is 0.339. The summed E-state index contributed by atoms with van der Waals surface area (Å²) in [6.45, 7) is 14.4. The van der Waals surface area contributed by atoms with Crippen LogP contribution in [-0.2, 0) is 14.3 Å². The summed E-state index contributed by atoms with van der Waals surface area (Å²) in [7, 11) is 0. The van der Waals surface area contributed by atoms with Crippen LogP contribution >= 0.6 is 0 Å². The molecule has 210 valence electrons. The summed E-state index contributed by atoms with van der Waals surface area (Å²) in [6, 6.07) is 0. The zero-order valence-electron chi connectivity index (χ0n) is 24.0. The lowest BCUT2D eigenvalue weighted by molar-refractivity contribution is -0.210. The average Bonchev–Trinajstić information content (AvgIpc) is 3.03. The van der Waals surface area contributed by atoms with E-state index in [-0.39, 0.29) is 63.2 Å². The molecule has 6 nitrogen and oxygen atoms in total. The van der Waals surface area contributed by atoms with Gasteiger partial charge >= 0.3 is 5.97 Å². The van der Waals surface area contributed by atoms with Crippen molar-refractivity contribution in [3.8, 4) is 0 Å². The molecule has 2 spiro atoms. The van der Waals surface area contributed by atoms with Crippen molar-refractivity contribution in [2.24, 2.45) is 44.8 Å². The Morgan fingerprint density at radius 2 is 1.65 bits per heavy atom. The fourth-order valence-corrected chi connectivity index (χ4v) is 12.0. The summed E-state index contributed by atoms with van der Waals surface area (Å²) >= 11 is 0. The van der Waals surface area contributed by atoms with Crippen LogP contribution in [0.25, 0.3) is 0 Å². The van der Waals surface area contributed by atoms with Crippen molar-refractivity contribution in [3.05, 3.63) is 0 Å². The van der Waals surface area contributed by atoms with Gasteiger partial charge in [-0.25, -0.2) is 0 Å². The van der Waals surface area contributed by atoms with Gasteiger partial charge in [0.05, 0.1) is 30.0 Å². The molecule has 1 heterocycles. The van der Waals surface area contributed by atoms with E-state index >= 15 is 0 Å². The third-order valence-electron chi connectivity index (χ3n) is 13.6. The second kappa shape index (κ2) is 7.73. The van der Waals surface area contributed by atoms with Gasteiger partial charge < -0.3 is 24.8 Å². The highest BCUT2D eigenvalue weighted by atomic mass is 16.5. The van der Waals surface area contributed by atoms with Gasteiger partial charge in [-0.2, -0.15) is 0 Å². The van der Waals surface area contributed by atoms with Gasteiger partial charge in [0, 0.05) is 18.3 Å². The molecule has 6 fully saturated rings. The minimum Gasteiger partial charge on any atom is -0.462 e. The SMILES string of the molecule is CC(=O)O[C@H]1CC[C@]23CC24CC[C@]2(C)[C@@H](C5CC[C@@H](C(C)(C)O)O5)[C@@H](O)C[C@@]2(C)C4C[C@H](O)[C@H]3C1(C)C. The first-order valence-electron chi connectivity index (χ1n) is 14.9. The van der Waals surface area contributed by atoms with E-state index in [4.69, 9.17) is 9.47 Å². The van der Waals surface area contributed by atoms with E-state index in [0.717, 1.165) is 57.8 Å². The molecule has 5 aliphatic carbocycles. The molecule has 0 amide bonds. The largest absolute Gasteiger partial charge is 0.462 e. The van der Waals surface area contributed by atoms with Gasteiger partial charge in [-0.05, 0) is 105 Å². The molecule has 3 N–H and O–H groups in total. The van der Waals surface area contributed by atoms with E-state index in [1.165, 1.54) is 6.92 Å². The molecule has 6 rings (SSSR count). The van der Waals surface area contributed by atoms with Gasteiger partial charge in [-0.3, -0.25) is 4.79 Å². The molecule has 6 aliphatic rings. The second-order valence-electron chi connectivity index (χ2n) is 15.8. The van der Waals surface area contributed by atoms with Crippen LogP contribution in [0.1, 0.15) is 106 Å². The van der Waals surface area contributed by atoms with Crippen LogP contribution in [0.5, 0.6) is 0 Å². The number of rotatable bonds is 3. The molecule has 3 unspecified atom stereocenters. The van der Waals surface area contributed by atoms with Gasteiger partial charge in [-0.1, -0.05) is 27.7 Å². The molecule has 1 saturated heterocycles. The Labute approximate surface area is 222 Å². The van der Waals surface area contributed by atoms with Crippen molar-refractivity contribution >= 4 is 5.97 Å². The smallest absolute Gasteiger partial charge is 0.302 e. The standard InChI is InChI=1S/C31H50O6/c1-17(32)36-22-10-11-31-16-30(31)13-12-28(6)24(20-8-9-23(37-20)27(4,5)35)19(34)15-29(28,7)21(30)14-18(33)25(31)26(22,2)3/h18-25,33-35H,8-16H2,1-7H3/t18-,19-,20?,21?,22-,23-,24+,25-,28+,29-,30?,31+/m0/s1. The molecule has 1 aliphatic heterocycles. The maximum Gasteiger partial charge on any atom is 0.302 e. The molecule has 37 heavy (non-hydrogen) atoms. The number of hydrogen-bond acceptors (Lipinski definition) is 6. The van der Waals surface area contributed by atoms with Crippen LogP contribution in [-0.4, -0.2) is 57.4 Å². The summed E-state index contributed by atoms with van der Waals surface area (Å²) in [5.41, 5.74) is -0.954. The number of fused-ring (bicyclic) bond motifs is 2. The molecule has 6 heteroatoms. The minimum atomic E-state index is -0.875. The first kappa shape index (κ1) is 26.5. The number of aliphatic hydroxyl groups is 3. The number of ether oxygens (including phenoxy) is 2. The van der Waals surface area contributed by atoms with Crippen molar-refractivity contribution in [2.45, 2.75) is 142 Å². The van der Waals surface area contributed by atoms with Crippen LogP contribution in [0, 0.1) is 44.8 Å². The van der Waals surface area contributed by atoms with Gasteiger partial charge in [0.15, 0.2) is 0 Å². The number of hydrogen-bond donors (Lipinski definition) is 3. The molecule has 5 saturated carbocycles. The number of carbonyl (C=O) groups is 1. The monoisotopic (exact) mass is 518 g/mol. The number of carbonyl (C=O) groups excluding carboxylic acids is 1. The Morgan fingerprint density at radius 3 is 2.27 bits per heavy atom. The van der Waals surface area contributed by atoms with E-state index in [1.807, 2.05) is 13.8 Å². The summed E-state index contributed by atoms with van der Waals surface area (Å²) in [6.07, 6.45) is 7.33. The van der Waals surface area contributed by atoms with Crippen molar-refractivity contribution in [3.63, 3.8) is 0 Å². The van der Waals surface area contributed by atoms with Gasteiger partial charge in [0.1, 0.15) is 6.10 Å². The van der Waals surface area contributed by atoms with Gasteiger partial charge in [-0.15, -0.1) is 0 Å². The van der Waals surface area contributed by atoms with Crippen molar-refractivity contribution < 1.29 is 29.6 Å². The Morgan fingerprint density at radius 1 is 0.946 bits per heavy atom. The Bertz CT molecular complexity index is 971. The van der Waals surface area contributed by atoms with Crippen molar-refractivity contribution in [1.82, 2.24) is 0 Å². The normalized spacial score (nSPS) is 56.1. The van der Waals surface area contributed by atoms with Crippen molar-refractivity contribution in [2.75, 3.05) is 0 Å². The van der Waals surface area contributed by atoms with Crippen LogP contribution < -0.4 is 0 Å². The number of aliphatic hydroxyl groups excluding tert-OH is 2. The summed E-state index contributed by atoms with van der Waals surface area (Å²) in [4.78, 5) is 11.9. The van der Waals surface area contributed by atoms with E-state index in [2.05, 4.69) is 27.7 Å². The zero-order valence-corrected chi connectivity index (χ0v) is 24.0. The summed E-state index contributed by atoms with van der Waals surface area (Å²) in [5, 5.41) is 34.1. The fourth-order valence-electron chi connectivity index (χ4n) is 12.0. The Balaban J connectivity index is 1.32. The third-order valence-corrected chi connectivity index (χ3v) is 13.6. The van der Waals surface area contributed by atoms with E-state index < -0.39 is 17.8 Å². The highest BCUT2D eigenvalue weighted by Crippen LogP contribution is 2.89.